The largest absolute Gasteiger partial charge is 0.481 e. The summed E-state index contributed by atoms with van der Waals surface area (Å²) in [5.41, 5.74) is 2.17. The molecule has 1 amide bonds. The van der Waals surface area contributed by atoms with Crippen molar-refractivity contribution >= 4 is 29.2 Å². The number of pyridine rings is 1. The van der Waals surface area contributed by atoms with E-state index in [0.29, 0.717) is 47.0 Å². The number of aryl methyl sites for hydroxylation is 2. The highest BCUT2D eigenvalue weighted by atomic mass is 35.5. The summed E-state index contributed by atoms with van der Waals surface area (Å²) in [5, 5.41) is 15.9. The third kappa shape index (κ3) is 5.14. The quantitative estimate of drug-likeness (QED) is 0.307. The smallest absolute Gasteiger partial charge is 0.346 e. The van der Waals surface area contributed by atoms with E-state index in [4.69, 9.17) is 21.3 Å². The normalized spacial score (nSPS) is 16.2. The molecule has 1 atom stereocenters. The van der Waals surface area contributed by atoms with Gasteiger partial charge in [0, 0.05) is 55.6 Å². The van der Waals surface area contributed by atoms with E-state index in [2.05, 4.69) is 15.3 Å². The molecule has 2 aliphatic rings. The number of aromatic nitrogens is 4. The molecule has 0 radical (unpaired) electrons. The van der Waals surface area contributed by atoms with Gasteiger partial charge in [-0.2, -0.15) is 5.10 Å². The Hall–Kier alpha value is -4.88. The van der Waals surface area contributed by atoms with Crippen molar-refractivity contribution in [3.8, 4) is 28.3 Å². The second-order valence-corrected chi connectivity index (χ2v) is 11.8. The lowest BCUT2D eigenvalue weighted by molar-refractivity contribution is -0.148. The van der Waals surface area contributed by atoms with Crippen molar-refractivity contribution in [2.45, 2.75) is 25.8 Å². The molecule has 4 aromatic rings. The van der Waals surface area contributed by atoms with Gasteiger partial charge in [-0.05, 0) is 60.7 Å². The standard InChI is InChI=1S/C32H30ClFN6O6/c1-15-18(6-5-7-21(15)35-28(41)27-30(42)38(2)32(45)39(3)37-27)25-20(34)10-9-19(26(25)33)22-12-16-8-11-23(24(16)29(36-22)46-4)40-13-17(14-40)31(43)44/h5-7,9-10,12,17,23H,8,11,13-14H2,1-4H3,(H,35,41)(H,43,44). The molecule has 6 rings (SSSR count). The predicted molar refractivity (Wildman–Crippen MR) is 168 cm³/mol. The molecular weight excluding hydrogens is 619 g/mol. The van der Waals surface area contributed by atoms with Gasteiger partial charge in [0.25, 0.3) is 11.5 Å². The lowest BCUT2D eigenvalue weighted by Crippen LogP contribution is -2.51. The first-order valence-electron chi connectivity index (χ1n) is 14.5. The number of carbonyl (C=O) groups excluding carboxylic acids is 1. The van der Waals surface area contributed by atoms with Crippen molar-refractivity contribution in [1.82, 2.24) is 24.2 Å². The second-order valence-electron chi connectivity index (χ2n) is 11.5. The topological polar surface area (TPSA) is 149 Å². The average Bonchev–Trinajstić information content (AvgIpc) is 3.41. The van der Waals surface area contributed by atoms with Crippen molar-refractivity contribution < 1.29 is 23.8 Å². The molecule has 1 saturated heterocycles. The zero-order chi connectivity index (χ0) is 33.0. The van der Waals surface area contributed by atoms with Crippen LogP contribution in [0.25, 0.3) is 22.4 Å². The third-order valence-corrected chi connectivity index (χ3v) is 9.17. The maximum Gasteiger partial charge on any atom is 0.346 e. The number of hydrogen-bond donors (Lipinski definition) is 2. The summed E-state index contributed by atoms with van der Waals surface area (Å²) in [6.07, 6.45) is 1.53. The number of amides is 1. The number of hydrogen-bond acceptors (Lipinski definition) is 8. The van der Waals surface area contributed by atoms with Crippen molar-refractivity contribution in [3.63, 3.8) is 0 Å². The fraction of sp³-hybridized carbons (Fsp3) is 0.312. The molecule has 12 nitrogen and oxygen atoms in total. The van der Waals surface area contributed by atoms with Gasteiger partial charge in [-0.3, -0.25) is 23.9 Å². The van der Waals surface area contributed by atoms with Crippen LogP contribution in [0.15, 0.2) is 46.0 Å². The Morgan fingerprint density at radius 1 is 1.13 bits per heavy atom. The second kappa shape index (κ2) is 11.8. The van der Waals surface area contributed by atoms with Crippen molar-refractivity contribution in [2.24, 2.45) is 20.0 Å². The number of aliphatic carboxylic acids is 1. The van der Waals surface area contributed by atoms with Crippen LogP contribution in [0.3, 0.4) is 0 Å². The Kier molecular flexibility index (Phi) is 7.99. The maximum absolute atomic E-state index is 15.5. The molecule has 1 unspecified atom stereocenters. The molecule has 0 bridgehead atoms. The molecule has 1 aliphatic heterocycles. The van der Waals surface area contributed by atoms with E-state index in [1.54, 1.807) is 31.2 Å². The highest BCUT2D eigenvalue weighted by molar-refractivity contribution is 6.36. The zero-order valence-corrected chi connectivity index (χ0v) is 26.2. The number of likely N-dealkylation sites (tertiary alicyclic amines) is 1. The number of carboxylic acids is 1. The Bertz CT molecular complexity index is 2050. The highest BCUT2D eigenvalue weighted by Gasteiger charge is 2.41. The molecule has 2 aromatic heterocycles. The van der Waals surface area contributed by atoms with Gasteiger partial charge < -0.3 is 15.2 Å². The summed E-state index contributed by atoms with van der Waals surface area (Å²) in [5.74, 6) is -2.19. The molecule has 2 aromatic carbocycles. The highest BCUT2D eigenvalue weighted by Crippen LogP contribution is 2.46. The van der Waals surface area contributed by atoms with Crippen molar-refractivity contribution in [2.75, 3.05) is 25.5 Å². The van der Waals surface area contributed by atoms with E-state index in [9.17, 15) is 24.3 Å². The fourth-order valence-electron chi connectivity index (χ4n) is 6.23. The van der Waals surface area contributed by atoms with Crippen molar-refractivity contribution in [3.05, 3.63) is 90.5 Å². The molecule has 2 N–H and O–H groups in total. The van der Waals surface area contributed by atoms with Gasteiger partial charge in [-0.15, -0.1) is 0 Å². The molecular formula is C32H30ClFN6O6. The number of benzene rings is 2. The lowest BCUT2D eigenvalue weighted by atomic mass is 9.94. The summed E-state index contributed by atoms with van der Waals surface area (Å²) >= 11 is 6.92. The minimum atomic E-state index is -0.853. The number of carbonyl (C=O) groups is 2. The number of rotatable bonds is 7. The van der Waals surface area contributed by atoms with E-state index < -0.39 is 34.6 Å². The molecule has 0 saturated carbocycles. The SMILES string of the molecule is COc1nc(-c2ccc(F)c(-c3cccc(NC(=O)c4nn(C)c(=O)n(C)c4=O)c3C)c2Cl)cc2c1C(N1CC(C(=O)O)C1)CC2. The molecule has 238 valence electrons. The van der Waals surface area contributed by atoms with Gasteiger partial charge in [-0.1, -0.05) is 23.7 Å². The summed E-state index contributed by atoms with van der Waals surface area (Å²) in [6, 6.07) is 9.65. The van der Waals surface area contributed by atoms with Crippen LogP contribution in [0.4, 0.5) is 10.1 Å². The number of methoxy groups -OCH3 is 1. The van der Waals surface area contributed by atoms with Gasteiger partial charge in [0.1, 0.15) is 5.82 Å². The molecule has 0 spiro atoms. The van der Waals surface area contributed by atoms with Gasteiger partial charge in [0.2, 0.25) is 11.6 Å². The summed E-state index contributed by atoms with van der Waals surface area (Å²) in [4.78, 5) is 55.8. The first-order valence-corrected chi connectivity index (χ1v) is 14.9. The maximum atomic E-state index is 15.5. The Morgan fingerprint density at radius 3 is 2.57 bits per heavy atom. The summed E-state index contributed by atoms with van der Waals surface area (Å²) in [6.45, 7) is 2.62. The minimum Gasteiger partial charge on any atom is -0.481 e. The van der Waals surface area contributed by atoms with Crippen LogP contribution in [0.2, 0.25) is 5.02 Å². The Labute approximate surface area is 267 Å². The predicted octanol–water partition coefficient (Wildman–Crippen LogP) is 3.57. The van der Waals surface area contributed by atoms with Crippen LogP contribution in [0.5, 0.6) is 5.88 Å². The summed E-state index contributed by atoms with van der Waals surface area (Å²) < 4.78 is 22.9. The van der Waals surface area contributed by atoms with Gasteiger partial charge in [0.05, 0.1) is 23.7 Å². The molecule has 1 aliphatic carbocycles. The van der Waals surface area contributed by atoms with E-state index >= 15 is 4.39 Å². The van der Waals surface area contributed by atoms with Crippen LogP contribution in [0.1, 0.15) is 39.6 Å². The number of carboxylic acid groups (broad SMARTS) is 1. The number of nitrogens with one attached hydrogen (secondary N) is 1. The number of anilines is 1. The van der Waals surface area contributed by atoms with Crippen LogP contribution >= 0.6 is 11.6 Å². The van der Waals surface area contributed by atoms with Crippen molar-refractivity contribution in [1.29, 1.82) is 0 Å². The van der Waals surface area contributed by atoms with Crippen LogP contribution in [-0.2, 0) is 25.3 Å². The van der Waals surface area contributed by atoms with Crippen LogP contribution in [0, 0.1) is 18.7 Å². The number of nitrogens with zero attached hydrogens (tertiary/aromatic N) is 5. The number of fused-ring (bicyclic) bond motifs is 1. The van der Waals surface area contributed by atoms with Crippen LogP contribution < -0.4 is 21.3 Å². The van der Waals surface area contributed by atoms with E-state index in [1.807, 2.05) is 6.07 Å². The van der Waals surface area contributed by atoms with Gasteiger partial charge in [0.15, 0.2) is 0 Å². The molecule has 1 fully saturated rings. The number of halogens is 2. The molecule has 46 heavy (non-hydrogen) atoms. The monoisotopic (exact) mass is 648 g/mol. The molecule has 3 heterocycles. The summed E-state index contributed by atoms with van der Waals surface area (Å²) in [7, 11) is 4.10. The third-order valence-electron chi connectivity index (χ3n) is 8.78. The van der Waals surface area contributed by atoms with Gasteiger partial charge in [-0.25, -0.2) is 18.9 Å². The lowest BCUT2D eigenvalue weighted by Gasteiger charge is -2.41. The Balaban J connectivity index is 1.35. The van der Waals surface area contributed by atoms with E-state index in [1.165, 1.54) is 27.3 Å². The first kappa shape index (κ1) is 31.1. The van der Waals surface area contributed by atoms with Gasteiger partial charge >= 0.3 is 11.7 Å². The first-order chi connectivity index (χ1) is 21.9. The zero-order valence-electron chi connectivity index (χ0n) is 25.4. The average molecular weight is 649 g/mol. The Morgan fingerprint density at radius 2 is 1.87 bits per heavy atom. The fourth-order valence-corrected chi connectivity index (χ4v) is 6.58. The molecule has 14 heteroatoms. The number of ether oxygens (including phenoxy) is 1. The van der Waals surface area contributed by atoms with Crippen LogP contribution in [-0.4, -0.2) is 61.4 Å². The minimum absolute atomic E-state index is 0.00176. The van der Waals surface area contributed by atoms with E-state index in [-0.39, 0.29) is 22.5 Å². The van der Waals surface area contributed by atoms with E-state index in [0.717, 1.165) is 33.2 Å².